The molecule has 1 saturated heterocycles. The maximum absolute atomic E-state index is 9.66. The number of furan rings is 2. The van der Waals surface area contributed by atoms with Crippen molar-refractivity contribution in [3.8, 4) is 23.5 Å². The van der Waals surface area contributed by atoms with Crippen molar-refractivity contribution >= 4 is 16.7 Å². The van der Waals surface area contributed by atoms with E-state index in [1.54, 1.807) is 12.3 Å². The minimum Gasteiger partial charge on any atom is -0.486 e. The van der Waals surface area contributed by atoms with Crippen molar-refractivity contribution in [1.82, 2.24) is 9.88 Å². The minimum atomic E-state index is -0.0449. The SMILES string of the molecule is N#Cc1nc(-c2ccc(COc3ccc4ccccc4c3)o2)oc1NCC(c1ccco1)N1CCOCC1. The summed E-state index contributed by atoms with van der Waals surface area (Å²) in [5.74, 6) is 3.13. The number of aromatic nitrogens is 1. The molecule has 9 nitrogen and oxygen atoms in total. The van der Waals surface area contributed by atoms with E-state index in [0.29, 0.717) is 31.3 Å². The quantitative estimate of drug-likeness (QED) is 0.270. The molecule has 0 amide bonds. The molecule has 9 heteroatoms. The Kier molecular flexibility index (Phi) is 6.81. The summed E-state index contributed by atoms with van der Waals surface area (Å²) in [5, 5.41) is 15.2. The van der Waals surface area contributed by atoms with Gasteiger partial charge in [0.1, 0.15) is 29.9 Å². The Morgan fingerprint density at radius 2 is 1.87 bits per heavy atom. The molecule has 2 aromatic carbocycles. The number of morpholine rings is 1. The molecule has 1 N–H and O–H groups in total. The fourth-order valence-corrected chi connectivity index (χ4v) is 4.57. The largest absolute Gasteiger partial charge is 0.486 e. The zero-order valence-corrected chi connectivity index (χ0v) is 20.6. The summed E-state index contributed by atoms with van der Waals surface area (Å²) in [5.41, 5.74) is 0.158. The van der Waals surface area contributed by atoms with Crippen LogP contribution < -0.4 is 10.1 Å². The van der Waals surface area contributed by atoms with Gasteiger partial charge in [-0.25, -0.2) is 0 Å². The highest BCUT2D eigenvalue weighted by Crippen LogP contribution is 2.30. The van der Waals surface area contributed by atoms with E-state index in [1.807, 2.05) is 54.6 Å². The second kappa shape index (κ2) is 10.8. The van der Waals surface area contributed by atoms with Crippen molar-refractivity contribution in [3.63, 3.8) is 0 Å². The molecule has 6 rings (SSSR count). The molecular formula is C29H26N4O5. The lowest BCUT2D eigenvalue weighted by Gasteiger charge is -2.33. The summed E-state index contributed by atoms with van der Waals surface area (Å²) in [4.78, 5) is 6.62. The molecule has 1 aliphatic heterocycles. The molecule has 5 aromatic rings. The molecule has 0 bridgehead atoms. The van der Waals surface area contributed by atoms with Gasteiger partial charge in [-0.1, -0.05) is 30.3 Å². The first kappa shape index (κ1) is 23.9. The van der Waals surface area contributed by atoms with E-state index in [1.165, 1.54) is 0 Å². The van der Waals surface area contributed by atoms with Crippen LogP contribution in [-0.2, 0) is 11.3 Å². The Labute approximate surface area is 219 Å². The smallest absolute Gasteiger partial charge is 0.266 e. The third kappa shape index (κ3) is 5.13. The van der Waals surface area contributed by atoms with E-state index in [4.69, 9.17) is 22.7 Å². The van der Waals surface area contributed by atoms with Crippen LogP contribution in [0, 0.1) is 11.3 Å². The first-order valence-electron chi connectivity index (χ1n) is 12.5. The minimum absolute atomic E-state index is 0.0449. The number of nitriles is 1. The average Bonchev–Trinajstić information content (AvgIpc) is 3.74. The van der Waals surface area contributed by atoms with Crippen LogP contribution in [0.1, 0.15) is 23.3 Å². The average molecular weight is 511 g/mol. The van der Waals surface area contributed by atoms with Gasteiger partial charge in [-0.2, -0.15) is 10.2 Å². The Balaban J connectivity index is 1.13. The van der Waals surface area contributed by atoms with Gasteiger partial charge in [0.2, 0.25) is 11.6 Å². The van der Waals surface area contributed by atoms with Crippen molar-refractivity contribution in [2.24, 2.45) is 0 Å². The highest BCUT2D eigenvalue weighted by Gasteiger charge is 2.26. The van der Waals surface area contributed by atoms with Crippen LogP contribution in [0.3, 0.4) is 0 Å². The van der Waals surface area contributed by atoms with Crippen LogP contribution in [-0.4, -0.2) is 42.7 Å². The van der Waals surface area contributed by atoms with Gasteiger partial charge in [0, 0.05) is 19.6 Å². The topological polar surface area (TPSA) is 110 Å². The summed E-state index contributed by atoms with van der Waals surface area (Å²) in [7, 11) is 0. The van der Waals surface area contributed by atoms with Crippen molar-refractivity contribution in [2.75, 3.05) is 38.2 Å². The molecule has 0 aliphatic carbocycles. The molecule has 0 spiro atoms. The second-order valence-electron chi connectivity index (χ2n) is 8.93. The second-order valence-corrected chi connectivity index (χ2v) is 8.93. The molecule has 4 heterocycles. The summed E-state index contributed by atoms with van der Waals surface area (Å²) in [6.45, 7) is 3.63. The number of fused-ring (bicyclic) bond motifs is 1. The van der Waals surface area contributed by atoms with Crippen LogP contribution in [0.15, 0.2) is 86.2 Å². The van der Waals surface area contributed by atoms with E-state index in [9.17, 15) is 5.26 Å². The Bertz CT molecular complexity index is 1540. The Morgan fingerprint density at radius 1 is 1.00 bits per heavy atom. The van der Waals surface area contributed by atoms with Crippen molar-refractivity contribution in [3.05, 3.63) is 90.2 Å². The highest BCUT2D eigenvalue weighted by atomic mass is 16.5. The van der Waals surface area contributed by atoms with E-state index in [-0.39, 0.29) is 30.1 Å². The van der Waals surface area contributed by atoms with Crippen molar-refractivity contribution in [2.45, 2.75) is 12.6 Å². The van der Waals surface area contributed by atoms with Crippen LogP contribution in [0.4, 0.5) is 5.88 Å². The van der Waals surface area contributed by atoms with Gasteiger partial charge in [-0.05, 0) is 47.2 Å². The first-order chi connectivity index (χ1) is 18.8. The van der Waals surface area contributed by atoms with Gasteiger partial charge in [-0.3, -0.25) is 4.90 Å². The zero-order valence-electron chi connectivity index (χ0n) is 20.6. The number of nitrogens with one attached hydrogen (secondary N) is 1. The van der Waals surface area contributed by atoms with E-state index < -0.39 is 0 Å². The number of anilines is 1. The maximum atomic E-state index is 9.66. The summed E-state index contributed by atoms with van der Waals surface area (Å²) >= 11 is 0. The number of nitrogens with zero attached hydrogens (tertiary/aromatic N) is 3. The van der Waals surface area contributed by atoms with Crippen molar-refractivity contribution in [1.29, 1.82) is 5.26 Å². The number of hydrogen-bond donors (Lipinski definition) is 1. The summed E-state index contributed by atoms with van der Waals surface area (Å²) in [6.07, 6.45) is 1.66. The van der Waals surface area contributed by atoms with Gasteiger partial charge in [0.15, 0.2) is 5.76 Å². The van der Waals surface area contributed by atoms with Crippen LogP contribution >= 0.6 is 0 Å². The lowest BCUT2D eigenvalue weighted by atomic mass is 10.1. The van der Waals surface area contributed by atoms with Crippen LogP contribution in [0.25, 0.3) is 22.4 Å². The Hall–Kier alpha value is -4.52. The predicted octanol–water partition coefficient (Wildman–Crippen LogP) is 5.62. The fourth-order valence-electron chi connectivity index (χ4n) is 4.57. The predicted molar refractivity (Wildman–Crippen MR) is 140 cm³/mol. The van der Waals surface area contributed by atoms with Gasteiger partial charge < -0.3 is 28.0 Å². The number of ether oxygens (including phenoxy) is 2. The summed E-state index contributed by atoms with van der Waals surface area (Å²) < 4.78 is 28.9. The normalized spacial score (nSPS) is 14.8. The van der Waals surface area contributed by atoms with Crippen molar-refractivity contribution < 1.29 is 22.7 Å². The first-order valence-corrected chi connectivity index (χ1v) is 12.5. The third-order valence-corrected chi connectivity index (χ3v) is 6.52. The summed E-state index contributed by atoms with van der Waals surface area (Å²) in [6, 6.07) is 23.5. The molecule has 1 atom stereocenters. The lowest BCUT2D eigenvalue weighted by Crippen LogP contribution is -2.41. The van der Waals surface area contributed by atoms with E-state index >= 15 is 0 Å². The van der Waals surface area contributed by atoms with Crippen LogP contribution in [0.2, 0.25) is 0 Å². The molecule has 192 valence electrons. The lowest BCUT2D eigenvalue weighted by molar-refractivity contribution is 0.0144. The molecule has 0 radical (unpaired) electrons. The van der Waals surface area contributed by atoms with E-state index in [0.717, 1.165) is 35.4 Å². The molecule has 0 saturated carbocycles. The number of rotatable bonds is 9. The monoisotopic (exact) mass is 510 g/mol. The molecular weight excluding hydrogens is 484 g/mol. The van der Waals surface area contributed by atoms with Crippen LogP contribution in [0.5, 0.6) is 5.75 Å². The number of benzene rings is 2. The van der Waals surface area contributed by atoms with Gasteiger partial charge >= 0.3 is 0 Å². The fraction of sp³-hybridized carbons (Fsp3) is 0.241. The number of hydrogen-bond acceptors (Lipinski definition) is 9. The molecule has 3 aromatic heterocycles. The van der Waals surface area contributed by atoms with E-state index in [2.05, 4.69) is 27.3 Å². The standard InChI is InChI=1S/C29H26N4O5/c30-17-24-28(31-18-25(26-6-3-13-35-26)33-11-14-34-15-12-33)38-29(32-24)27-10-9-23(37-27)19-36-22-8-7-20-4-1-2-5-21(20)16-22/h1-10,13,16,25,31H,11-12,14-15,18-19H2. The Morgan fingerprint density at radius 3 is 2.68 bits per heavy atom. The highest BCUT2D eigenvalue weighted by molar-refractivity contribution is 5.83. The molecule has 1 fully saturated rings. The number of oxazole rings is 1. The van der Waals surface area contributed by atoms with Gasteiger partial charge in [0.25, 0.3) is 5.89 Å². The molecule has 38 heavy (non-hydrogen) atoms. The van der Waals surface area contributed by atoms with Gasteiger partial charge in [0.05, 0.1) is 25.5 Å². The zero-order chi connectivity index (χ0) is 25.7. The third-order valence-electron chi connectivity index (χ3n) is 6.52. The maximum Gasteiger partial charge on any atom is 0.266 e. The molecule has 1 aliphatic rings. The molecule has 1 unspecified atom stereocenters. The van der Waals surface area contributed by atoms with Gasteiger partial charge in [-0.15, -0.1) is 0 Å².